The van der Waals surface area contributed by atoms with E-state index in [-0.39, 0.29) is 0 Å². The zero-order valence-electron chi connectivity index (χ0n) is 9.90. The molecule has 0 atom stereocenters. The number of fused-ring (bicyclic) bond motifs is 1. The van der Waals surface area contributed by atoms with E-state index in [9.17, 15) is 0 Å². The Labute approximate surface area is 114 Å². The van der Waals surface area contributed by atoms with Crippen molar-refractivity contribution in [3.05, 3.63) is 46.3 Å². The molecule has 92 valence electrons. The predicted octanol–water partition coefficient (Wildman–Crippen LogP) is 3.91. The van der Waals surface area contributed by atoms with Gasteiger partial charge in [0.05, 0.1) is 12.4 Å². The lowest BCUT2D eigenvalue weighted by Crippen LogP contribution is -2.02. The van der Waals surface area contributed by atoms with Gasteiger partial charge in [0.25, 0.3) is 0 Å². The van der Waals surface area contributed by atoms with E-state index in [4.69, 9.17) is 4.74 Å². The molecule has 0 saturated carbocycles. The third kappa shape index (κ3) is 2.53. The monoisotopic (exact) mass is 304 g/mol. The minimum atomic E-state index is 0.522. The van der Waals surface area contributed by atoms with Gasteiger partial charge in [0, 0.05) is 0 Å². The zero-order chi connectivity index (χ0) is 12.4. The highest BCUT2D eigenvalue weighted by Gasteiger charge is 2.10. The van der Waals surface area contributed by atoms with E-state index < -0.39 is 0 Å². The molecule has 4 heteroatoms. The highest BCUT2D eigenvalue weighted by Crippen LogP contribution is 2.27. The van der Waals surface area contributed by atoms with Crippen LogP contribution >= 0.6 is 15.9 Å². The summed E-state index contributed by atoms with van der Waals surface area (Å²) >= 11 is 3.25. The van der Waals surface area contributed by atoms with Crippen LogP contribution in [0.1, 0.15) is 24.0 Å². The van der Waals surface area contributed by atoms with Crippen LogP contribution in [0.15, 0.2) is 35.2 Å². The van der Waals surface area contributed by atoms with Gasteiger partial charge in [-0.1, -0.05) is 6.07 Å². The third-order valence-corrected chi connectivity index (χ3v) is 3.55. The van der Waals surface area contributed by atoms with E-state index in [0.29, 0.717) is 10.5 Å². The number of rotatable bonds is 2. The molecule has 0 spiro atoms. The Morgan fingerprint density at radius 2 is 1.83 bits per heavy atom. The summed E-state index contributed by atoms with van der Waals surface area (Å²) in [7, 11) is 0. The molecule has 0 saturated heterocycles. The van der Waals surface area contributed by atoms with Crippen molar-refractivity contribution < 1.29 is 4.74 Å². The fourth-order valence-electron chi connectivity index (χ4n) is 2.25. The number of halogens is 1. The first-order chi connectivity index (χ1) is 8.81. The van der Waals surface area contributed by atoms with Crippen molar-refractivity contribution in [2.24, 2.45) is 0 Å². The SMILES string of the molecule is Brc1cnc(Oc2ccc3c(c2)CCCC3)cn1. The van der Waals surface area contributed by atoms with Gasteiger partial charge in [-0.15, -0.1) is 0 Å². The van der Waals surface area contributed by atoms with Gasteiger partial charge < -0.3 is 4.74 Å². The molecule has 0 N–H and O–H groups in total. The normalized spacial score (nSPS) is 14.1. The summed E-state index contributed by atoms with van der Waals surface area (Å²) in [5, 5.41) is 0. The first-order valence-corrected chi connectivity index (χ1v) is 6.88. The molecular weight excluding hydrogens is 292 g/mol. The zero-order valence-corrected chi connectivity index (χ0v) is 11.5. The molecule has 0 aliphatic heterocycles. The summed E-state index contributed by atoms with van der Waals surface area (Å²) in [6, 6.07) is 6.29. The molecule has 1 aromatic carbocycles. The summed E-state index contributed by atoms with van der Waals surface area (Å²) in [6.45, 7) is 0. The Balaban J connectivity index is 1.82. The molecule has 0 fully saturated rings. The predicted molar refractivity (Wildman–Crippen MR) is 72.9 cm³/mol. The summed E-state index contributed by atoms with van der Waals surface area (Å²) in [5.41, 5.74) is 2.86. The Kier molecular flexibility index (Phi) is 3.28. The van der Waals surface area contributed by atoms with Crippen molar-refractivity contribution >= 4 is 15.9 Å². The second-order valence-corrected chi connectivity index (χ2v) is 5.23. The van der Waals surface area contributed by atoms with E-state index >= 15 is 0 Å². The first kappa shape index (κ1) is 11.7. The second-order valence-electron chi connectivity index (χ2n) is 4.42. The van der Waals surface area contributed by atoms with Gasteiger partial charge in [-0.2, -0.15) is 0 Å². The Bertz CT molecular complexity index is 554. The largest absolute Gasteiger partial charge is 0.437 e. The van der Waals surface area contributed by atoms with Crippen LogP contribution in [0.3, 0.4) is 0 Å². The van der Waals surface area contributed by atoms with Crippen molar-refractivity contribution in [3.63, 3.8) is 0 Å². The molecular formula is C14H13BrN2O. The van der Waals surface area contributed by atoms with Crippen LogP contribution < -0.4 is 4.74 Å². The maximum Gasteiger partial charge on any atom is 0.237 e. The molecule has 3 nitrogen and oxygen atoms in total. The van der Waals surface area contributed by atoms with Crippen molar-refractivity contribution in [2.75, 3.05) is 0 Å². The van der Waals surface area contributed by atoms with Crippen molar-refractivity contribution in [1.82, 2.24) is 9.97 Å². The van der Waals surface area contributed by atoms with Gasteiger partial charge in [0.15, 0.2) is 0 Å². The van der Waals surface area contributed by atoms with Crippen molar-refractivity contribution in [2.45, 2.75) is 25.7 Å². The van der Waals surface area contributed by atoms with E-state index in [1.165, 1.54) is 30.4 Å². The molecule has 1 aromatic heterocycles. The average molecular weight is 305 g/mol. The van der Waals surface area contributed by atoms with Crippen molar-refractivity contribution in [3.8, 4) is 11.6 Å². The van der Waals surface area contributed by atoms with E-state index in [2.05, 4.69) is 38.0 Å². The molecule has 1 aliphatic rings. The van der Waals surface area contributed by atoms with E-state index in [1.54, 1.807) is 12.4 Å². The number of ether oxygens (including phenoxy) is 1. The first-order valence-electron chi connectivity index (χ1n) is 6.08. The molecule has 1 aliphatic carbocycles. The molecule has 1 heterocycles. The number of hydrogen-bond donors (Lipinski definition) is 0. The van der Waals surface area contributed by atoms with Crippen LogP contribution in [0.25, 0.3) is 0 Å². The third-order valence-electron chi connectivity index (χ3n) is 3.14. The Hall–Kier alpha value is -1.42. The number of aryl methyl sites for hydroxylation is 2. The molecule has 0 radical (unpaired) electrons. The molecule has 0 bridgehead atoms. The Morgan fingerprint density at radius 3 is 2.61 bits per heavy atom. The fourth-order valence-corrected chi connectivity index (χ4v) is 2.45. The Morgan fingerprint density at radius 1 is 1.00 bits per heavy atom. The minimum Gasteiger partial charge on any atom is -0.437 e. The van der Waals surface area contributed by atoms with Crippen LogP contribution in [0, 0.1) is 0 Å². The van der Waals surface area contributed by atoms with Crippen LogP contribution in [-0.2, 0) is 12.8 Å². The molecule has 2 aromatic rings. The molecule has 3 rings (SSSR count). The molecule has 0 unspecified atom stereocenters. The highest BCUT2D eigenvalue weighted by molar-refractivity contribution is 9.10. The van der Waals surface area contributed by atoms with Gasteiger partial charge in [-0.25, -0.2) is 9.97 Å². The quantitative estimate of drug-likeness (QED) is 0.844. The maximum absolute atomic E-state index is 5.70. The summed E-state index contributed by atoms with van der Waals surface area (Å²) in [6.07, 6.45) is 8.16. The van der Waals surface area contributed by atoms with E-state index in [1.807, 2.05) is 6.07 Å². The lowest BCUT2D eigenvalue weighted by atomic mass is 9.92. The highest BCUT2D eigenvalue weighted by atomic mass is 79.9. The summed E-state index contributed by atoms with van der Waals surface area (Å²) in [4.78, 5) is 8.25. The van der Waals surface area contributed by atoms with E-state index in [0.717, 1.165) is 12.2 Å². The van der Waals surface area contributed by atoms with Gasteiger partial charge in [0.2, 0.25) is 5.88 Å². The number of hydrogen-bond acceptors (Lipinski definition) is 3. The second kappa shape index (κ2) is 5.06. The van der Waals surface area contributed by atoms with Gasteiger partial charge in [-0.05, 0) is 64.9 Å². The lowest BCUT2D eigenvalue weighted by molar-refractivity contribution is 0.458. The summed E-state index contributed by atoms with van der Waals surface area (Å²) in [5.74, 6) is 1.36. The standard InChI is InChI=1S/C14H13BrN2O/c15-13-8-17-14(9-16-13)18-12-6-5-10-3-1-2-4-11(10)7-12/h5-9H,1-4H2. The minimum absolute atomic E-state index is 0.522. The fraction of sp³-hybridized carbons (Fsp3) is 0.286. The smallest absolute Gasteiger partial charge is 0.237 e. The van der Waals surface area contributed by atoms with Crippen LogP contribution in [-0.4, -0.2) is 9.97 Å². The van der Waals surface area contributed by atoms with Crippen molar-refractivity contribution in [1.29, 1.82) is 0 Å². The van der Waals surface area contributed by atoms with Gasteiger partial charge >= 0.3 is 0 Å². The van der Waals surface area contributed by atoms with Crippen LogP contribution in [0.5, 0.6) is 11.6 Å². The number of aromatic nitrogens is 2. The maximum atomic E-state index is 5.70. The number of nitrogens with zero attached hydrogens (tertiary/aromatic N) is 2. The van der Waals surface area contributed by atoms with Gasteiger partial charge in [0.1, 0.15) is 10.4 Å². The van der Waals surface area contributed by atoms with Crippen LogP contribution in [0.2, 0.25) is 0 Å². The van der Waals surface area contributed by atoms with Gasteiger partial charge in [-0.3, -0.25) is 0 Å². The molecule has 0 amide bonds. The van der Waals surface area contributed by atoms with Crippen LogP contribution in [0.4, 0.5) is 0 Å². The topological polar surface area (TPSA) is 35.0 Å². The lowest BCUT2D eigenvalue weighted by Gasteiger charge is -2.16. The average Bonchev–Trinajstić information content (AvgIpc) is 2.41. The molecule has 18 heavy (non-hydrogen) atoms. The summed E-state index contributed by atoms with van der Waals surface area (Å²) < 4.78 is 6.41. The number of benzene rings is 1.